The number of hydrogen-bond acceptors (Lipinski definition) is 6. The predicted molar refractivity (Wildman–Crippen MR) is 63.1 cm³/mol. The summed E-state index contributed by atoms with van der Waals surface area (Å²) in [6.45, 7) is -0.402. The molecule has 9 heteroatoms. The van der Waals surface area contributed by atoms with E-state index in [0.717, 1.165) is 0 Å². The van der Waals surface area contributed by atoms with Gasteiger partial charge in [0.25, 0.3) is 5.56 Å². The number of halogens is 1. The molecule has 3 rings (SSSR count). The lowest BCUT2D eigenvalue weighted by molar-refractivity contribution is -0.0323. The van der Waals surface area contributed by atoms with E-state index in [-0.39, 0.29) is 23.5 Å². The summed E-state index contributed by atoms with van der Waals surface area (Å²) in [5, 5.41) is 8.97. The van der Waals surface area contributed by atoms with Crippen molar-refractivity contribution in [3.8, 4) is 0 Å². The fourth-order valence-electron chi connectivity index (χ4n) is 2.18. The van der Waals surface area contributed by atoms with E-state index in [2.05, 4.69) is 15.0 Å². The van der Waals surface area contributed by atoms with Crippen molar-refractivity contribution < 1.29 is 14.2 Å². The van der Waals surface area contributed by atoms with Gasteiger partial charge in [-0.15, -0.1) is 0 Å². The lowest BCUT2D eigenvalue weighted by Gasteiger charge is -2.13. The van der Waals surface area contributed by atoms with Crippen LogP contribution in [0.25, 0.3) is 11.2 Å². The molecule has 4 N–H and O–H groups in total. The Kier molecular flexibility index (Phi) is 2.72. The molecule has 19 heavy (non-hydrogen) atoms. The van der Waals surface area contributed by atoms with E-state index >= 15 is 0 Å². The lowest BCUT2D eigenvalue weighted by atomic mass is 10.2. The molecule has 2 aromatic heterocycles. The van der Waals surface area contributed by atoms with Crippen molar-refractivity contribution in [3.63, 3.8) is 0 Å². The number of hydrogen-bond donors (Lipinski definition) is 3. The Bertz CT molecular complexity index is 669. The number of nitrogen functional groups attached to an aromatic ring is 1. The molecule has 8 nitrogen and oxygen atoms in total. The van der Waals surface area contributed by atoms with Gasteiger partial charge in [0.05, 0.1) is 12.9 Å². The minimum Gasteiger partial charge on any atom is -0.394 e. The smallest absolute Gasteiger partial charge is 0.280 e. The highest BCUT2D eigenvalue weighted by Crippen LogP contribution is 2.31. The number of aliphatic hydroxyl groups is 1. The number of imidazole rings is 1. The van der Waals surface area contributed by atoms with Crippen molar-refractivity contribution in [2.75, 3.05) is 12.3 Å². The average Bonchev–Trinajstić information content (AvgIpc) is 2.92. The third-order valence-corrected chi connectivity index (χ3v) is 3.10. The van der Waals surface area contributed by atoms with Crippen LogP contribution in [0.15, 0.2) is 11.1 Å². The molecule has 0 amide bonds. The Labute approximate surface area is 106 Å². The fourth-order valence-corrected chi connectivity index (χ4v) is 2.18. The number of aliphatic hydroxyl groups excluding tert-OH is 1. The molecule has 0 spiro atoms. The van der Waals surface area contributed by atoms with Crippen molar-refractivity contribution in [1.29, 1.82) is 0 Å². The Hall–Kier alpha value is -2.00. The summed E-state index contributed by atoms with van der Waals surface area (Å²) in [5.41, 5.74) is 5.35. The molecule has 0 aromatic carbocycles. The molecule has 0 aliphatic carbocycles. The summed E-state index contributed by atoms with van der Waals surface area (Å²) < 4.78 is 20.4. The van der Waals surface area contributed by atoms with Crippen LogP contribution in [0.5, 0.6) is 0 Å². The number of ether oxygens (including phenoxy) is 1. The fraction of sp³-hybridized carbons (Fsp3) is 0.500. The number of H-pyrrole nitrogens is 1. The second-order valence-corrected chi connectivity index (χ2v) is 4.34. The van der Waals surface area contributed by atoms with Gasteiger partial charge in [-0.3, -0.25) is 14.3 Å². The third kappa shape index (κ3) is 1.87. The predicted octanol–water partition coefficient (Wildman–Crippen LogP) is -0.680. The van der Waals surface area contributed by atoms with Crippen LogP contribution in [0.2, 0.25) is 0 Å². The molecular formula is C10H12FN5O3. The number of anilines is 1. The number of nitrogens with zero attached hydrogens (tertiary/aromatic N) is 3. The van der Waals surface area contributed by atoms with Crippen molar-refractivity contribution in [2.24, 2.45) is 0 Å². The maximum absolute atomic E-state index is 13.6. The van der Waals surface area contributed by atoms with E-state index < -0.39 is 30.7 Å². The first kappa shape index (κ1) is 12.1. The van der Waals surface area contributed by atoms with Gasteiger partial charge in [-0.1, -0.05) is 0 Å². The maximum atomic E-state index is 13.6. The summed E-state index contributed by atoms with van der Waals surface area (Å²) in [6, 6.07) is 0. The highest BCUT2D eigenvalue weighted by Gasteiger charge is 2.36. The number of rotatable bonds is 2. The summed E-state index contributed by atoms with van der Waals surface area (Å²) in [6.07, 6.45) is -1.39. The lowest BCUT2D eigenvalue weighted by Crippen LogP contribution is -2.21. The number of alkyl halides is 1. The molecular weight excluding hydrogens is 257 g/mol. The van der Waals surface area contributed by atoms with Gasteiger partial charge in [-0.2, -0.15) is 4.98 Å². The van der Waals surface area contributed by atoms with Crippen LogP contribution >= 0.6 is 0 Å². The molecule has 1 aliphatic rings. The minimum absolute atomic E-state index is 0.0484. The van der Waals surface area contributed by atoms with E-state index in [9.17, 15) is 9.18 Å². The standard InChI is InChI=1S/C10H12FN5O3/c11-4-1-6(19-5(4)2-17)16-3-13-7-8(16)14-10(12)15-9(7)18/h3-6,17H,1-2H2,(H3,12,14,15,18)/t4-,5+,6-/m0/s1. The normalized spacial score (nSPS) is 27.2. The monoisotopic (exact) mass is 269 g/mol. The third-order valence-electron chi connectivity index (χ3n) is 3.10. The summed E-state index contributed by atoms with van der Waals surface area (Å²) in [5.74, 6) is -0.0484. The van der Waals surface area contributed by atoms with Crippen LogP contribution in [0.4, 0.5) is 10.3 Å². The number of aromatic nitrogens is 4. The van der Waals surface area contributed by atoms with E-state index in [0.29, 0.717) is 0 Å². The highest BCUT2D eigenvalue weighted by atomic mass is 19.1. The zero-order valence-corrected chi connectivity index (χ0v) is 9.78. The second-order valence-electron chi connectivity index (χ2n) is 4.34. The molecule has 0 unspecified atom stereocenters. The van der Waals surface area contributed by atoms with Crippen LogP contribution in [-0.2, 0) is 4.74 Å². The Morgan fingerprint density at radius 3 is 3.16 bits per heavy atom. The Morgan fingerprint density at radius 1 is 1.68 bits per heavy atom. The molecule has 1 fully saturated rings. The summed E-state index contributed by atoms with van der Waals surface area (Å²) >= 11 is 0. The molecule has 102 valence electrons. The molecule has 1 saturated heterocycles. The van der Waals surface area contributed by atoms with Gasteiger partial charge >= 0.3 is 0 Å². The number of nitrogens with two attached hydrogens (primary N) is 1. The van der Waals surface area contributed by atoms with Crippen molar-refractivity contribution in [3.05, 3.63) is 16.7 Å². The molecule has 1 aliphatic heterocycles. The molecule has 3 atom stereocenters. The number of fused-ring (bicyclic) bond motifs is 1. The van der Waals surface area contributed by atoms with E-state index in [1.165, 1.54) is 10.9 Å². The van der Waals surface area contributed by atoms with E-state index in [4.69, 9.17) is 15.6 Å². The maximum Gasteiger partial charge on any atom is 0.280 e. The van der Waals surface area contributed by atoms with Crippen molar-refractivity contribution in [2.45, 2.75) is 24.9 Å². The first-order valence-electron chi connectivity index (χ1n) is 5.73. The van der Waals surface area contributed by atoms with E-state index in [1.807, 2.05) is 0 Å². The first-order valence-corrected chi connectivity index (χ1v) is 5.73. The van der Waals surface area contributed by atoms with Gasteiger partial charge in [-0.25, -0.2) is 9.37 Å². The van der Waals surface area contributed by atoms with Crippen LogP contribution in [0, 0.1) is 0 Å². The van der Waals surface area contributed by atoms with Gasteiger partial charge in [0.2, 0.25) is 5.95 Å². The zero-order valence-electron chi connectivity index (χ0n) is 9.78. The van der Waals surface area contributed by atoms with Gasteiger partial charge in [-0.05, 0) is 0 Å². The number of aromatic amines is 1. The SMILES string of the molecule is Nc1nc2c(ncn2[C@@H]2C[C@H](F)[C@@H](CO)O2)c(=O)[nH]1. The average molecular weight is 269 g/mol. The van der Waals surface area contributed by atoms with Crippen LogP contribution < -0.4 is 11.3 Å². The van der Waals surface area contributed by atoms with Crippen molar-refractivity contribution in [1.82, 2.24) is 19.5 Å². The Balaban J connectivity index is 2.05. The first-order chi connectivity index (χ1) is 9.10. The van der Waals surface area contributed by atoms with Gasteiger partial charge < -0.3 is 15.6 Å². The molecule has 0 saturated carbocycles. The van der Waals surface area contributed by atoms with Crippen LogP contribution in [0.1, 0.15) is 12.6 Å². The summed E-state index contributed by atoms with van der Waals surface area (Å²) in [4.78, 5) is 21.8. The second kappa shape index (κ2) is 4.28. The largest absolute Gasteiger partial charge is 0.394 e. The molecule has 3 heterocycles. The zero-order chi connectivity index (χ0) is 13.6. The topological polar surface area (TPSA) is 119 Å². The molecule has 0 bridgehead atoms. The van der Waals surface area contributed by atoms with E-state index in [1.54, 1.807) is 0 Å². The van der Waals surface area contributed by atoms with Gasteiger partial charge in [0.15, 0.2) is 11.2 Å². The van der Waals surface area contributed by atoms with Gasteiger partial charge in [0, 0.05) is 6.42 Å². The van der Waals surface area contributed by atoms with Crippen LogP contribution in [-0.4, -0.2) is 43.5 Å². The quantitative estimate of drug-likeness (QED) is 0.664. The van der Waals surface area contributed by atoms with Crippen LogP contribution in [0.3, 0.4) is 0 Å². The highest BCUT2D eigenvalue weighted by molar-refractivity contribution is 5.70. The van der Waals surface area contributed by atoms with Crippen molar-refractivity contribution >= 4 is 17.1 Å². The minimum atomic E-state index is -1.27. The number of nitrogens with one attached hydrogen (secondary N) is 1. The Morgan fingerprint density at radius 2 is 2.47 bits per heavy atom. The summed E-state index contributed by atoms with van der Waals surface area (Å²) in [7, 11) is 0. The molecule has 2 aromatic rings. The molecule has 0 radical (unpaired) electrons. The van der Waals surface area contributed by atoms with Gasteiger partial charge in [0.1, 0.15) is 18.5 Å².